The summed E-state index contributed by atoms with van der Waals surface area (Å²) in [4.78, 5) is 0. The maximum absolute atomic E-state index is 3.66. The molecule has 4 rings (SSSR count). The number of nitrogens with one attached hydrogen (secondary N) is 4. The van der Waals surface area contributed by atoms with Gasteiger partial charge in [-0.3, -0.25) is 0 Å². The lowest BCUT2D eigenvalue weighted by atomic mass is 10.0. The van der Waals surface area contributed by atoms with Gasteiger partial charge in [-0.25, -0.2) is 0 Å². The molecule has 4 aromatic carbocycles. The average molecular weight is 563 g/mol. The van der Waals surface area contributed by atoms with E-state index >= 15 is 0 Å². The lowest BCUT2D eigenvalue weighted by molar-refractivity contribution is 0.534. The second kappa shape index (κ2) is 17.8. The van der Waals surface area contributed by atoms with E-state index in [2.05, 4.69) is 108 Å². The highest BCUT2D eigenvalue weighted by atomic mass is 14.9. The zero-order valence-electron chi connectivity index (χ0n) is 25.6. The molecule has 4 aromatic rings. The standard InChI is InChI=1S/C38H50N4/c1-31(39-35-23-27-37(28-24-35)41-33-19-13-9-14-20-33)17-11-7-5-3-4-6-8-12-18-32(2)40-36-25-29-38(30-26-36)42-34-21-15-10-16-22-34/h9-10,13-16,19-32,39-42H,3-8,11-12,17-18H2,1-2H3. The van der Waals surface area contributed by atoms with Crippen molar-refractivity contribution in [1.29, 1.82) is 0 Å². The van der Waals surface area contributed by atoms with E-state index in [1.807, 2.05) is 36.4 Å². The largest absolute Gasteiger partial charge is 0.383 e. The van der Waals surface area contributed by atoms with Gasteiger partial charge in [-0.15, -0.1) is 0 Å². The van der Waals surface area contributed by atoms with Crippen LogP contribution in [0, 0.1) is 0 Å². The maximum atomic E-state index is 3.66. The molecule has 4 heteroatoms. The Morgan fingerprint density at radius 3 is 1.00 bits per heavy atom. The summed E-state index contributed by atoms with van der Waals surface area (Å²) in [6.07, 6.45) is 13.2. The first-order valence-electron chi connectivity index (χ1n) is 16.0. The molecule has 2 unspecified atom stereocenters. The number of unbranched alkanes of at least 4 members (excludes halogenated alkanes) is 7. The molecule has 0 aromatic heterocycles. The molecule has 222 valence electrons. The molecule has 0 heterocycles. The van der Waals surface area contributed by atoms with Gasteiger partial charge in [0.2, 0.25) is 0 Å². The van der Waals surface area contributed by atoms with E-state index in [1.165, 1.54) is 75.6 Å². The third-order valence-electron chi connectivity index (χ3n) is 7.75. The predicted molar refractivity (Wildman–Crippen MR) is 185 cm³/mol. The van der Waals surface area contributed by atoms with Gasteiger partial charge < -0.3 is 21.3 Å². The molecule has 0 fully saturated rings. The van der Waals surface area contributed by atoms with Gasteiger partial charge >= 0.3 is 0 Å². The van der Waals surface area contributed by atoms with E-state index in [9.17, 15) is 0 Å². The van der Waals surface area contributed by atoms with E-state index in [0.29, 0.717) is 12.1 Å². The maximum Gasteiger partial charge on any atom is 0.0385 e. The third-order valence-corrected chi connectivity index (χ3v) is 7.75. The van der Waals surface area contributed by atoms with Crippen LogP contribution in [-0.2, 0) is 0 Å². The van der Waals surface area contributed by atoms with E-state index in [0.717, 1.165) is 22.7 Å². The van der Waals surface area contributed by atoms with Crippen LogP contribution in [0.2, 0.25) is 0 Å². The summed E-state index contributed by atoms with van der Waals surface area (Å²) in [5.74, 6) is 0. The number of para-hydroxylation sites is 2. The van der Waals surface area contributed by atoms with Gasteiger partial charge in [-0.05, 0) is 99.5 Å². The van der Waals surface area contributed by atoms with Crippen LogP contribution in [0.1, 0.15) is 78.1 Å². The fourth-order valence-electron chi connectivity index (χ4n) is 5.35. The SMILES string of the molecule is CC(CCCCCCCCCCC(C)Nc1ccc(Nc2ccccc2)cc1)Nc1ccc(Nc2ccccc2)cc1. The first kappa shape index (κ1) is 31.0. The molecule has 0 saturated carbocycles. The Hall–Kier alpha value is -3.92. The Morgan fingerprint density at radius 2 is 0.643 bits per heavy atom. The number of rotatable bonds is 19. The molecule has 0 aliphatic heterocycles. The summed E-state index contributed by atoms with van der Waals surface area (Å²) in [6, 6.07) is 38.8. The van der Waals surface area contributed by atoms with Crippen molar-refractivity contribution < 1.29 is 0 Å². The Labute approximate surface area is 254 Å². The smallest absolute Gasteiger partial charge is 0.0385 e. The minimum atomic E-state index is 0.498. The van der Waals surface area contributed by atoms with Crippen molar-refractivity contribution in [3.05, 3.63) is 109 Å². The summed E-state index contributed by atoms with van der Waals surface area (Å²) < 4.78 is 0. The summed E-state index contributed by atoms with van der Waals surface area (Å²) in [7, 11) is 0. The normalized spacial score (nSPS) is 12.3. The Kier molecular flexibility index (Phi) is 13.1. The van der Waals surface area contributed by atoms with Gasteiger partial charge in [0, 0.05) is 46.2 Å². The average Bonchev–Trinajstić information content (AvgIpc) is 3.01. The summed E-state index contributed by atoms with van der Waals surface area (Å²) in [6.45, 7) is 4.59. The molecule has 2 atom stereocenters. The van der Waals surface area contributed by atoms with Crippen LogP contribution < -0.4 is 21.3 Å². The zero-order valence-corrected chi connectivity index (χ0v) is 25.6. The topological polar surface area (TPSA) is 48.1 Å². The van der Waals surface area contributed by atoms with E-state index < -0.39 is 0 Å². The molecule has 0 radical (unpaired) electrons. The van der Waals surface area contributed by atoms with Gasteiger partial charge in [0.25, 0.3) is 0 Å². The molecule has 0 spiro atoms. The van der Waals surface area contributed by atoms with Crippen LogP contribution in [0.3, 0.4) is 0 Å². The fraction of sp³-hybridized carbons (Fsp3) is 0.368. The van der Waals surface area contributed by atoms with Gasteiger partial charge in [-0.1, -0.05) is 87.8 Å². The van der Waals surface area contributed by atoms with Crippen molar-refractivity contribution in [2.75, 3.05) is 21.3 Å². The van der Waals surface area contributed by atoms with Crippen LogP contribution in [0.15, 0.2) is 109 Å². The zero-order chi connectivity index (χ0) is 29.2. The van der Waals surface area contributed by atoms with Crippen LogP contribution in [-0.4, -0.2) is 12.1 Å². The van der Waals surface area contributed by atoms with Crippen molar-refractivity contribution in [1.82, 2.24) is 0 Å². The first-order chi connectivity index (χ1) is 20.6. The highest BCUT2D eigenvalue weighted by Crippen LogP contribution is 2.22. The number of anilines is 6. The molecule has 42 heavy (non-hydrogen) atoms. The van der Waals surface area contributed by atoms with E-state index in [-0.39, 0.29) is 0 Å². The van der Waals surface area contributed by atoms with Gasteiger partial charge in [0.15, 0.2) is 0 Å². The molecule has 0 amide bonds. The van der Waals surface area contributed by atoms with E-state index in [1.54, 1.807) is 0 Å². The number of hydrogen-bond donors (Lipinski definition) is 4. The van der Waals surface area contributed by atoms with Gasteiger partial charge in [0.1, 0.15) is 0 Å². The number of benzene rings is 4. The quantitative estimate of drug-likeness (QED) is 0.0858. The highest BCUT2D eigenvalue weighted by Gasteiger charge is 2.04. The molecule has 4 nitrogen and oxygen atoms in total. The van der Waals surface area contributed by atoms with E-state index in [4.69, 9.17) is 0 Å². The van der Waals surface area contributed by atoms with Crippen LogP contribution >= 0.6 is 0 Å². The summed E-state index contributed by atoms with van der Waals surface area (Å²) >= 11 is 0. The van der Waals surface area contributed by atoms with Crippen molar-refractivity contribution in [2.24, 2.45) is 0 Å². The van der Waals surface area contributed by atoms with Crippen LogP contribution in [0.5, 0.6) is 0 Å². The Balaban J connectivity index is 0.968. The summed E-state index contributed by atoms with van der Waals surface area (Å²) in [5, 5.41) is 14.2. The van der Waals surface area contributed by atoms with Gasteiger partial charge in [0.05, 0.1) is 0 Å². The van der Waals surface area contributed by atoms with Crippen molar-refractivity contribution in [2.45, 2.75) is 90.1 Å². The molecule has 0 aliphatic rings. The highest BCUT2D eigenvalue weighted by molar-refractivity contribution is 5.63. The first-order valence-corrected chi connectivity index (χ1v) is 16.0. The minimum absolute atomic E-state index is 0.498. The molecule has 0 saturated heterocycles. The second-order valence-corrected chi connectivity index (χ2v) is 11.6. The molecule has 0 bridgehead atoms. The summed E-state index contributed by atoms with van der Waals surface area (Å²) in [5.41, 5.74) is 6.85. The minimum Gasteiger partial charge on any atom is -0.383 e. The Bertz CT molecular complexity index is 1140. The molecular weight excluding hydrogens is 512 g/mol. The van der Waals surface area contributed by atoms with Crippen molar-refractivity contribution >= 4 is 34.1 Å². The fourth-order valence-corrected chi connectivity index (χ4v) is 5.35. The lowest BCUT2D eigenvalue weighted by Gasteiger charge is -2.16. The molecule has 4 N–H and O–H groups in total. The van der Waals surface area contributed by atoms with Crippen LogP contribution in [0.4, 0.5) is 34.1 Å². The molecule has 0 aliphatic carbocycles. The van der Waals surface area contributed by atoms with Gasteiger partial charge in [-0.2, -0.15) is 0 Å². The number of hydrogen-bond acceptors (Lipinski definition) is 4. The predicted octanol–water partition coefficient (Wildman–Crippen LogP) is 11.4. The Morgan fingerprint density at radius 1 is 0.357 bits per heavy atom. The van der Waals surface area contributed by atoms with Crippen LogP contribution in [0.25, 0.3) is 0 Å². The molecular formula is C38H50N4. The lowest BCUT2D eigenvalue weighted by Crippen LogP contribution is -2.14. The second-order valence-electron chi connectivity index (χ2n) is 11.6. The van der Waals surface area contributed by atoms with Crippen molar-refractivity contribution in [3.8, 4) is 0 Å². The van der Waals surface area contributed by atoms with Crippen molar-refractivity contribution in [3.63, 3.8) is 0 Å². The monoisotopic (exact) mass is 562 g/mol. The third kappa shape index (κ3) is 11.9.